The number of benzene rings is 2. The molecular formula is C22H25N5O2. The molecule has 1 fully saturated rings. The molecule has 2 aromatic carbocycles. The Balaban J connectivity index is 1.74. The number of aromatic nitrogens is 2. The Kier molecular flexibility index (Phi) is 5.31. The predicted octanol–water partition coefficient (Wildman–Crippen LogP) is 3.05. The maximum absolute atomic E-state index is 11.8. The van der Waals surface area contributed by atoms with E-state index in [1.165, 1.54) is 5.69 Å². The van der Waals surface area contributed by atoms with E-state index < -0.39 is 5.91 Å². The van der Waals surface area contributed by atoms with Gasteiger partial charge in [-0.3, -0.25) is 4.79 Å². The molecule has 1 aliphatic heterocycles. The number of amides is 1. The zero-order chi connectivity index (χ0) is 20.4. The van der Waals surface area contributed by atoms with E-state index in [9.17, 15) is 4.79 Å². The van der Waals surface area contributed by atoms with Crippen LogP contribution in [-0.2, 0) is 4.74 Å². The second-order valence-corrected chi connectivity index (χ2v) is 7.47. The molecule has 1 saturated heterocycles. The van der Waals surface area contributed by atoms with Crippen LogP contribution in [0.1, 0.15) is 24.3 Å². The summed E-state index contributed by atoms with van der Waals surface area (Å²) in [6.07, 6.45) is 0. The standard InChI is InChI=1S/C22H25N5O2/c1-14(2)24-20-18-7-6-16(13-19(18)25-26-21(20)22(23)28)15-4-3-5-17(12-15)27-8-10-29-11-9-27/h3-7,12-14H,8-11H2,1-2H3,(H2,23,28)(H,24,25). The van der Waals surface area contributed by atoms with Crippen LogP contribution in [0.5, 0.6) is 0 Å². The van der Waals surface area contributed by atoms with E-state index in [-0.39, 0.29) is 11.7 Å². The van der Waals surface area contributed by atoms with Crippen molar-refractivity contribution in [3.63, 3.8) is 0 Å². The summed E-state index contributed by atoms with van der Waals surface area (Å²) in [4.78, 5) is 14.1. The van der Waals surface area contributed by atoms with Gasteiger partial charge in [-0.15, -0.1) is 10.2 Å². The van der Waals surface area contributed by atoms with Crippen molar-refractivity contribution >= 4 is 28.2 Å². The lowest BCUT2D eigenvalue weighted by Gasteiger charge is -2.29. The minimum atomic E-state index is -0.593. The Morgan fingerprint density at radius 2 is 1.86 bits per heavy atom. The van der Waals surface area contributed by atoms with Crippen LogP contribution in [0.2, 0.25) is 0 Å². The summed E-state index contributed by atoms with van der Waals surface area (Å²) in [6.45, 7) is 7.30. The normalized spacial score (nSPS) is 14.4. The molecule has 7 nitrogen and oxygen atoms in total. The number of carbonyl (C=O) groups is 1. The number of nitrogens with one attached hydrogen (secondary N) is 1. The van der Waals surface area contributed by atoms with Gasteiger partial charge in [-0.05, 0) is 49.2 Å². The fourth-order valence-electron chi connectivity index (χ4n) is 3.60. The van der Waals surface area contributed by atoms with Crippen molar-refractivity contribution in [1.29, 1.82) is 0 Å². The van der Waals surface area contributed by atoms with Gasteiger partial charge in [-0.1, -0.05) is 18.2 Å². The number of primary amides is 1. The molecule has 3 aromatic rings. The quantitative estimate of drug-likeness (QED) is 0.694. The lowest BCUT2D eigenvalue weighted by Crippen LogP contribution is -2.36. The van der Waals surface area contributed by atoms with Crippen LogP contribution in [0.3, 0.4) is 0 Å². The van der Waals surface area contributed by atoms with Crippen LogP contribution in [0.4, 0.5) is 11.4 Å². The highest BCUT2D eigenvalue weighted by atomic mass is 16.5. The van der Waals surface area contributed by atoms with Gasteiger partial charge in [-0.2, -0.15) is 0 Å². The van der Waals surface area contributed by atoms with Gasteiger partial charge in [0.1, 0.15) is 0 Å². The highest BCUT2D eigenvalue weighted by molar-refractivity contribution is 6.05. The van der Waals surface area contributed by atoms with E-state index in [1.807, 2.05) is 32.0 Å². The van der Waals surface area contributed by atoms with Gasteiger partial charge in [0.2, 0.25) is 0 Å². The van der Waals surface area contributed by atoms with E-state index in [0.29, 0.717) is 11.2 Å². The molecule has 3 N–H and O–H groups in total. The van der Waals surface area contributed by atoms with Gasteiger partial charge < -0.3 is 20.7 Å². The van der Waals surface area contributed by atoms with Crippen molar-refractivity contribution in [2.24, 2.45) is 5.73 Å². The number of hydrogen-bond acceptors (Lipinski definition) is 6. The average Bonchev–Trinajstić information content (AvgIpc) is 2.73. The van der Waals surface area contributed by atoms with Gasteiger partial charge in [0, 0.05) is 30.2 Å². The highest BCUT2D eigenvalue weighted by Gasteiger charge is 2.17. The molecule has 0 spiro atoms. The number of anilines is 2. The maximum atomic E-state index is 11.8. The first-order valence-electron chi connectivity index (χ1n) is 9.83. The van der Waals surface area contributed by atoms with Crippen LogP contribution in [0.25, 0.3) is 22.0 Å². The van der Waals surface area contributed by atoms with Gasteiger partial charge in [0.25, 0.3) is 5.91 Å². The maximum Gasteiger partial charge on any atom is 0.271 e. The topological polar surface area (TPSA) is 93.4 Å². The van der Waals surface area contributed by atoms with Crippen molar-refractivity contribution in [2.75, 3.05) is 36.5 Å². The third-order valence-corrected chi connectivity index (χ3v) is 4.98. The first kappa shape index (κ1) is 19.1. The highest BCUT2D eigenvalue weighted by Crippen LogP contribution is 2.31. The van der Waals surface area contributed by atoms with Gasteiger partial charge >= 0.3 is 0 Å². The van der Waals surface area contributed by atoms with Crippen LogP contribution in [0.15, 0.2) is 42.5 Å². The molecule has 1 amide bonds. The number of nitrogens with zero attached hydrogens (tertiary/aromatic N) is 3. The Morgan fingerprint density at radius 3 is 2.59 bits per heavy atom. The molecule has 0 atom stereocenters. The van der Waals surface area contributed by atoms with Crippen LogP contribution >= 0.6 is 0 Å². The molecule has 7 heteroatoms. The molecule has 0 bridgehead atoms. The van der Waals surface area contributed by atoms with E-state index in [0.717, 1.165) is 42.8 Å². The van der Waals surface area contributed by atoms with E-state index >= 15 is 0 Å². The largest absolute Gasteiger partial charge is 0.380 e. The Morgan fingerprint density at radius 1 is 1.10 bits per heavy atom. The summed E-state index contributed by atoms with van der Waals surface area (Å²) in [5.74, 6) is -0.593. The molecule has 1 aromatic heterocycles. The summed E-state index contributed by atoms with van der Waals surface area (Å²) in [5.41, 5.74) is 10.3. The third kappa shape index (κ3) is 4.00. The van der Waals surface area contributed by atoms with E-state index in [2.05, 4.69) is 44.7 Å². The molecule has 2 heterocycles. The van der Waals surface area contributed by atoms with Crippen molar-refractivity contribution in [3.8, 4) is 11.1 Å². The fourth-order valence-corrected chi connectivity index (χ4v) is 3.60. The zero-order valence-corrected chi connectivity index (χ0v) is 16.7. The Hall–Kier alpha value is -3.19. The molecule has 0 aliphatic carbocycles. The number of hydrogen-bond donors (Lipinski definition) is 2. The Labute approximate surface area is 169 Å². The zero-order valence-electron chi connectivity index (χ0n) is 16.7. The SMILES string of the molecule is CC(C)Nc1c(C(N)=O)nnc2cc(-c3cccc(N4CCOCC4)c3)ccc12. The molecular weight excluding hydrogens is 366 g/mol. The van der Waals surface area contributed by atoms with Gasteiger partial charge in [0.15, 0.2) is 5.69 Å². The smallest absolute Gasteiger partial charge is 0.271 e. The predicted molar refractivity (Wildman–Crippen MR) is 115 cm³/mol. The molecule has 1 aliphatic rings. The molecule has 150 valence electrons. The number of ether oxygens (including phenoxy) is 1. The fraction of sp³-hybridized carbons (Fsp3) is 0.318. The first-order chi connectivity index (χ1) is 14.0. The number of rotatable bonds is 5. The summed E-state index contributed by atoms with van der Waals surface area (Å²) in [6, 6.07) is 14.6. The van der Waals surface area contributed by atoms with Crippen LogP contribution < -0.4 is 16.0 Å². The Bertz CT molecular complexity index is 1040. The summed E-state index contributed by atoms with van der Waals surface area (Å²) < 4.78 is 5.45. The number of nitrogens with two attached hydrogens (primary N) is 1. The van der Waals surface area contributed by atoms with Crippen molar-refractivity contribution in [3.05, 3.63) is 48.2 Å². The lowest BCUT2D eigenvalue weighted by atomic mass is 10.0. The molecule has 0 radical (unpaired) electrons. The van der Waals surface area contributed by atoms with Crippen molar-refractivity contribution in [2.45, 2.75) is 19.9 Å². The van der Waals surface area contributed by atoms with Crippen LogP contribution in [0, 0.1) is 0 Å². The molecule has 4 rings (SSSR count). The average molecular weight is 391 g/mol. The minimum absolute atomic E-state index is 0.130. The minimum Gasteiger partial charge on any atom is -0.380 e. The molecule has 0 saturated carbocycles. The summed E-state index contributed by atoms with van der Waals surface area (Å²) in [7, 11) is 0. The van der Waals surface area contributed by atoms with Crippen molar-refractivity contribution < 1.29 is 9.53 Å². The first-order valence-corrected chi connectivity index (χ1v) is 9.83. The van der Waals surface area contributed by atoms with Gasteiger partial charge in [-0.25, -0.2) is 0 Å². The number of morpholine rings is 1. The summed E-state index contributed by atoms with van der Waals surface area (Å²) in [5, 5.41) is 12.4. The van der Waals surface area contributed by atoms with Crippen LogP contribution in [-0.4, -0.2) is 48.4 Å². The summed E-state index contributed by atoms with van der Waals surface area (Å²) >= 11 is 0. The number of carbonyl (C=O) groups excluding carboxylic acids is 1. The third-order valence-electron chi connectivity index (χ3n) is 4.98. The van der Waals surface area contributed by atoms with E-state index in [4.69, 9.17) is 10.5 Å². The molecule has 0 unspecified atom stereocenters. The van der Waals surface area contributed by atoms with Gasteiger partial charge in [0.05, 0.1) is 24.4 Å². The van der Waals surface area contributed by atoms with E-state index in [1.54, 1.807) is 0 Å². The monoisotopic (exact) mass is 391 g/mol. The lowest BCUT2D eigenvalue weighted by molar-refractivity contribution is 0.0995. The number of fused-ring (bicyclic) bond motifs is 1. The second kappa shape index (κ2) is 8.05. The molecule has 29 heavy (non-hydrogen) atoms. The van der Waals surface area contributed by atoms with Crippen molar-refractivity contribution in [1.82, 2.24) is 10.2 Å². The second-order valence-electron chi connectivity index (χ2n) is 7.47.